The van der Waals surface area contributed by atoms with Crippen molar-refractivity contribution >= 4 is 0 Å². The minimum Gasteiger partial charge on any atom is -0.508 e. The van der Waals surface area contributed by atoms with Crippen LogP contribution in [0.1, 0.15) is 24.0 Å². The molecule has 1 aliphatic heterocycles. The van der Waals surface area contributed by atoms with Crippen LogP contribution in [0.3, 0.4) is 0 Å². The van der Waals surface area contributed by atoms with E-state index in [2.05, 4.69) is 31.2 Å². The van der Waals surface area contributed by atoms with Crippen LogP contribution in [0.5, 0.6) is 11.5 Å². The van der Waals surface area contributed by atoms with Gasteiger partial charge in [-0.05, 0) is 30.5 Å². The van der Waals surface area contributed by atoms with Crippen LogP contribution in [0.2, 0.25) is 0 Å². The van der Waals surface area contributed by atoms with Gasteiger partial charge in [0.05, 0.1) is 0 Å². The average Bonchev–Trinajstić information content (AvgIpc) is 2.39. The molecule has 0 saturated carbocycles. The summed E-state index contributed by atoms with van der Waals surface area (Å²) in [4.78, 5) is 0. The molecule has 18 heavy (non-hydrogen) atoms. The van der Waals surface area contributed by atoms with Crippen molar-refractivity contribution in [2.45, 2.75) is 25.4 Å². The summed E-state index contributed by atoms with van der Waals surface area (Å²) in [5, 5.41) is 9.48. The van der Waals surface area contributed by atoms with Gasteiger partial charge in [0.2, 0.25) is 0 Å². The Morgan fingerprint density at radius 3 is 2.67 bits per heavy atom. The van der Waals surface area contributed by atoms with Crippen LogP contribution in [-0.4, -0.2) is 11.2 Å². The molecule has 1 aliphatic rings. The standard InChI is InChI=1S/C16H16O2/c1-11-15(12-5-3-2-4-6-12)9-13-7-8-14(17)10-16(13)18-11/h2-8,10-11,15,17H,9H2,1H3. The van der Waals surface area contributed by atoms with E-state index in [1.165, 1.54) is 11.1 Å². The Bertz CT molecular complexity index is 548. The number of hydrogen-bond donors (Lipinski definition) is 1. The van der Waals surface area contributed by atoms with Gasteiger partial charge in [-0.25, -0.2) is 0 Å². The first-order valence-corrected chi connectivity index (χ1v) is 6.27. The van der Waals surface area contributed by atoms with Gasteiger partial charge in [-0.3, -0.25) is 0 Å². The molecule has 3 rings (SSSR count). The SMILES string of the molecule is CC1Oc2cc(O)ccc2CC1c1ccccc1. The fourth-order valence-corrected chi connectivity index (χ4v) is 2.60. The number of fused-ring (bicyclic) bond motifs is 1. The molecule has 2 atom stereocenters. The van der Waals surface area contributed by atoms with Crippen LogP contribution >= 0.6 is 0 Å². The molecule has 0 fully saturated rings. The highest BCUT2D eigenvalue weighted by Crippen LogP contribution is 2.37. The molecule has 0 saturated heterocycles. The van der Waals surface area contributed by atoms with E-state index in [4.69, 9.17) is 4.74 Å². The molecule has 0 bridgehead atoms. The van der Waals surface area contributed by atoms with Crippen LogP contribution < -0.4 is 4.74 Å². The molecule has 0 spiro atoms. The molecular weight excluding hydrogens is 224 g/mol. The molecule has 92 valence electrons. The molecule has 0 amide bonds. The number of rotatable bonds is 1. The van der Waals surface area contributed by atoms with Crippen molar-refractivity contribution in [3.05, 3.63) is 59.7 Å². The molecule has 1 heterocycles. The monoisotopic (exact) mass is 240 g/mol. The number of aromatic hydroxyl groups is 1. The topological polar surface area (TPSA) is 29.5 Å². The largest absolute Gasteiger partial charge is 0.508 e. The number of phenols is 1. The van der Waals surface area contributed by atoms with Crippen LogP contribution in [0.15, 0.2) is 48.5 Å². The van der Waals surface area contributed by atoms with Crippen molar-refractivity contribution in [1.29, 1.82) is 0 Å². The molecule has 0 aromatic heterocycles. The quantitative estimate of drug-likeness (QED) is 0.826. The van der Waals surface area contributed by atoms with E-state index in [-0.39, 0.29) is 11.9 Å². The molecule has 2 unspecified atom stereocenters. The second kappa shape index (κ2) is 4.37. The highest BCUT2D eigenvalue weighted by Gasteiger charge is 2.27. The van der Waals surface area contributed by atoms with Gasteiger partial charge in [0.15, 0.2) is 0 Å². The fraction of sp³-hybridized carbons (Fsp3) is 0.250. The fourth-order valence-electron chi connectivity index (χ4n) is 2.60. The minimum absolute atomic E-state index is 0.127. The van der Waals surface area contributed by atoms with Gasteiger partial charge in [0, 0.05) is 12.0 Å². The first-order valence-electron chi connectivity index (χ1n) is 6.27. The summed E-state index contributed by atoms with van der Waals surface area (Å²) in [5.41, 5.74) is 2.48. The smallest absolute Gasteiger partial charge is 0.126 e. The van der Waals surface area contributed by atoms with E-state index in [0.29, 0.717) is 5.92 Å². The lowest BCUT2D eigenvalue weighted by Crippen LogP contribution is -2.28. The van der Waals surface area contributed by atoms with E-state index in [1.54, 1.807) is 12.1 Å². The third-order valence-corrected chi connectivity index (χ3v) is 3.60. The Balaban J connectivity index is 1.95. The van der Waals surface area contributed by atoms with Gasteiger partial charge < -0.3 is 9.84 Å². The molecule has 2 aromatic rings. The van der Waals surface area contributed by atoms with Crippen LogP contribution in [0.25, 0.3) is 0 Å². The zero-order valence-electron chi connectivity index (χ0n) is 10.3. The zero-order chi connectivity index (χ0) is 12.5. The molecule has 1 N–H and O–H groups in total. The van der Waals surface area contributed by atoms with Crippen LogP contribution in [0.4, 0.5) is 0 Å². The summed E-state index contributed by atoms with van der Waals surface area (Å²) >= 11 is 0. The predicted octanol–water partition coefficient (Wildman–Crippen LogP) is 3.50. The van der Waals surface area contributed by atoms with Crippen molar-refractivity contribution < 1.29 is 9.84 Å². The molecular formula is C16H16O2. The molecule has 2 aromatic carbocycles. The highest BCUT2D eigenvalue weighted by molar-refractivity contribution is 5.43. The number of ether oxygens (including phenoxy) is 1. The summed E-state index contributed by atoms with van der Waals surface area (Å²) in [5.74, 6) is 1.46. The Hall–Kier alpha value is -1.96. The normalized spacial score (nSPS) is 22.1. The minimum atomic E-state index is 0.127. The second-order valence-electron chi connectivity index (χ2n) is 4.84. The summed E-state index contributed by atoms with van der Waals surface area (Å²) in [6.45, 7) is 2.09. The Morgan fingerprint density at radius 1 is 1.11 bits per heavy atom. The van der Waals surface area contributed by atoms with Crippen molar-refractivity contribution in [3.8, 4) is 11.5 Å². The van der Waals surface area contributed by atoms with Crippen molar-refractivity contribution in [2.24, 2.45) is 0 Å². The van der Waals surface area contributed by atoms with E-state index in [9.17, 15) is 5.11 Å². The van der Waals surface area contributed by atoms with Crippen LogP contribution in [-0.2, 0) is 6.42 Å². The maximum absolute atomic E-state index is 9.48. The highest BCUT2D eigenvalue weighted by atomic mass is 16.5. The Morgan fingerprint density at radius 2 is 1.89 bits per heavy atom. The zero-order valence-corrected chi connectivity index (χ0v) is 10.3. The van der Waals surface area contributed by atoms with E-state index in [0.717, 1.165) is 12.2 Å². The van der Waals surface area contributed by atoms with E-state index < -0.39 is 0 Å². The van der Waals surface area contributed by atoms with Gasteiger partial charge in [-0.1, -0.05) is 36.4 Å². The molecule has 0 aliphatic carbocycles. The third-order valence-electron chi connectivity index (χ3n) is 3.60. The number of hydrogen-bond acceptors (Lipinski definition) is 2. The Labute approximate surface area is 107 Å². The lowest BCUT2D eigenvalue weighted by molar-refractivity contribution is 0.167. The predicted molar refractivity (Wildman–Crippen MR) is 71.1 cm³/mol. The maximum atomic E-state index is 9.48. The molecule has 2 heteroatoms. The lowest BCUT2D eigenvalue weighted by atomic mass is 9.85. The summed E-state index contributed by atoms with van der Waals surface area (Å²) in [6, 6.07) is 15.8. The number of phenolic OH excluding ortho intramolecular Hbond substituents is 1. The third kappa shape index (κ3) is 1.94. The Kier molecular flexibility index (Phi) is 2.71. The average molecular weight is 240 g/mol. The lowest BCUT2D eigenvalue weighted by Gasteiger charge is -2.31. The van der Waals surface area contributed by atoms with Gasteiger partial charge >= 0.3 is 0 Å². The maximum Gasteiger partial charge on any atom is 0.126 e. The molecule has 2 nitrogen and oxygen atoms in total. The molecule has 0 radical (unpaired) electrons. The van der Waals surface area contributed by atoms with Gasteiger partial charge in [0.25, 0.3) is 0 Å². The number of benzene rings is 2. The van der Waals surface area contributed by atoms with E-state index in [1.807, 2.05) is 12.1 Å². The second-order valence-corrected chi connectivity index (χ2v) is 4.84. The van der Waals surface area contributed by atoms with E-state index >= 15 is 0 Å². The van der Waals surface area contributed by atoms with Crippen LogP contribution in [0, 0.1) is 0 Å². The summed E-state index contributed by atoms with van der Waals surface area (Å²) < 4.78 is 5.92. The van der Waals surface area contributed by atoms with Crippen molar-refractivity contribution in [1.82, 2.24) is 0 Å². The van der Waals surface area contributed by atoms with Gasteiger partial charge in [-0.2, -0.15) is 0 Å². The first kappa shape index (κ1) is 11.1. The summed E-state index contributed by atoms with van der Waals surface area (Å²) in [7, 11) is 0. The van der Waals surface area contributed by atoms with Crippen molar-refractivity contribution in [3.63, 3.8) is 0 Å². The van der Waals surface area contributed by atoms with Gasteiger partial charge in [-0.15, -0.1) is 0 Å². The first-order chi connectivity index (χ1) is 8.74. The van der Waals surface area contributed by atoms with Crippen molar-refractivity contribution in [2.75, 3.05) is 0 Å². The summed E-state index contributed by atoms with van der Waals surface area (Å²) in [6.07, 6.45) is 1.09. The van der Waals surface area contributed by atoms with Gasteiger partial charge in [0.1, 0.15) is 17.6 Å².